The molecule has 1 aromatic carbocycles. The van der Waals surface area contributed by atoms with Gasteiger partial charge in [0.15, 0.2) is 0 Å². The van der Waals surface area contributed by atoms with E-state index < -0.39 is 143 Å². The van der Waals surface area contributed by atoms with E-state index in [1.54, 1.807) is 0 Å². The van der Waals surface area contributed by atoms with Crippen molar-refractivity contribution in [3.8, 4) is 36.4 Å². The highest BCUT2D eigenvalue weighted by Crippen LogP contribution is 2.40. The number of alkyl halides is 9. The van der Waals surface area contributed by atoms with Gasteiger partial charge in [-0.2, -0.15) is 84.3 Å². The van der Waals surface area contributed by atoms with E-state index in [9.17, 15) is 96.3 Å². The molecule has 0 amide bonds. The van der Waals surface area contributed by atoms with Crippen LogP contribution >= 0.6 is 0 Å². The van der Waals surface area contributed by atoms with Crippen molar-refractivity contribution < 1.29 is 77.9 Å². The Hall–Kier alpha value is -6.39. The predicted octanol–water partition coefficient (Wildman–Crippen LogP) is 0.120. The van der Waals surface area contributed by atoms with E-state index in [1.165, 1.54) is 0 Å². The van der Waals surface area contributed by atoms with Gasteiger partial charge >= 0.3 is 46.0 Å². The number of fused-ring (bicyclic) bond motifs is 6. The van der Waals surface area contributed by atoms with E-state index >= 15 is 13.2 Å². The molecule has 0 atom stereocenters. The fourth-order valence-corrected chi connectivity index (χ4v) is 7.37. The first-order valence-corrected chi connectivity index (χ1v) is 17.0. The monoisotopic (exact) mass is 828 g/mol. The maximum Gasteiger partial charge on any atom is 0.504 e. The number of nitriles is 6. The molecule has 27 heteroatoms. The Morgan fingerprint density at radius 3 is 0.574 bits per heavy atom. The molecule has 0 aliphatic heterocycles. The number of benzene rings is 1. The molecule has 276 valence electrons. The molecule has 1 aromatic rings. The van der Waals surface area contributed by atoms with Gasteiger partial charge in [0.25, 0.3) is 0 Å². The summed E-state index contributed by atoms with van der Waals surface area (Å²) >= 11 is 0. The van der Waals surface area contributed by atoms with Crippen LogP contribution in [0.4, 0.5) is 52.7 Å². The third-order valence-electron chi connectivity index (χ3n) is 7.38. The molecule has 0 unspecified atom stereocenters. The van der Waals surface area contributed by atoms with Gasteiger partial charge in [0.1, 0.15) is 36.4 Å². The summed E-state index contributed by atoms with van der Waals surface area (Å²) < 4.78 is 241. The second-order valence-corrected chi connectivity index (χ2v) is 15.4. The van der Waals surface area contributed by atoms with E-state index in [-0.39, 0.29) is 0 Å². The molecule has 3 aliphatic carbocycles. The molecule has 0 saturated carbocycles. The van der Waals surface area contributed by atoms with Gasteiger partial charge in [-0.25, -0.2) is 25.3 Å². The van der Waals surface area contributed by atoms with Crippen LogP contribution in [-0.4, -0.2) is 41.8 Å². The maximum absolute atomic E-state index is 15.6. The van der Waals surface area contributed by atoms with Crippen molar-refractivity contribution in [3.63, 3.8) is 0 Å². The van der Waals surface area contributed by atoms with Gasteiger partial charge in [-0.15, -0.1) is 0 Å². The zero-order chi connectivity index (χ0) is 41.6. The van der Waals surface area contributed by atoms with Crippen molar-refractivity contribution in [2.24, 2.45) is 0 Å². The first kappa shape index (κ1) is 40.4. The summed E-state index contributed by atoms with van der Waals surface area (Å²) in [7, 11) is -22.0. The Bertz CT molecular complexity index is 2720. The quantitative estimate of drug-likeness (QED) is 0.369. The van der Waals surface area contributed by atoms with Crippen LogP contribution in [-0.2, 0) is 29.5 Å². The molecule has 0 radical (unpaired) electrons. The van der Waals surface area contributed by atoms with Crippen molar-refractivity contribution in [3.05, 3.63) is 63.5 Å². The normalized spacial score (nSPS) is 15.8. The predicted molar refractivity (Wildman–Crippen MR) is 148 cm³/mol. The summed E-state index contributed by atoms with van der Waals surface area (Å²) in [6, 6.07) is 5.22. The number of rotatable bonds is 3. The first-order valence-electron chi connectivity index (χ1n) is 12.6. The zero-order valence-electron chi connectivity index (χ0n) is 24.4. The molecule has 12 nitrogen and oxygen atoms in total. The lowest BCUT2D eigenvalue weighted by Crippen LogP contribution is -2.65. The van der Waals surface area contributed by atoms with Crippen molar-refractivity contribution >= 4 is 63.0 Å². The highest BCUT2D eigenvalue weighted by molar-refractivity contribution is 7.96. The lowest BCUT2D eigenvalue weighted by molar-refractivity contribution is -0.0438. The van der Waals surface area contributed by atoms with Crippen molar-refractivity contribution in [2.75, 3.05) is 0 Å². The lowest BCUT2D eigenvalue weighted by atomic mass is 10.0. The SMILES string of the molecule is N#CC1=c2c3c(c4c(c2=C(C#N)C1=C(F)S(=O)(=O)C(F)(F)F)=C(C#N)C(=C(F)S(=O)(=O)C(F)(F)F)C=4C#N)=C(C#N)C(=C(F)S(=O)(=O)C(F)(F)F)C=3C#N. The summed E-state index contributed by atoms with van der Waals surface area (Å²) in [6.45, 7) is 0. The van der Waals surface area contributed by atoms with Crippen LogP contribution in [0.25, 0.3) is 33.4 Å². The number of allylic oxidation sites excluding steroid dienone is 3. The average molecular weight is 829 g/mol. The Morgan fingerprint density at radius 1 is 0.352 bits per heavy atom. The Labute approximate surface area is 288 Å². The molecular formula is C27F12N6O6S3. The molecule has 0 heterocycles. The number of hydrogen-bond acceptors (Lipinski definition) is 12. The van der Waals surface area contributed by atoms with Gasteiger partial charge in [0.2, 0.25) is 15.5 Å². The maximum atomic E-state index is 15.6. The summed E-state index contributed by atoms with van der Waals surface area (Å²) in [4.78, 5) is 0. The fraction of sp³-hybridized carbons (Fsp3) is 0.111. The van der Waals surface area contributed by atoms with Crippen LogP contribution < -0.4 is 31.3 Å². The molecule has 0 saturated heterocycles. The van der Waals surface area contributed by atoms with Crippen LogP contribution in [0.3, 0.4) is 0 Å². The van der Waals surface area contributed by atoms with Crippen molar-refractivity contribution in [1.82, 2.24) is 0 Å². The van der Waals surface area contributed by atoms with Gasteiger partial charge in [0, 0.05) is 31.3 Å². The molecule has 0 spiro atoms. The van der Waals surface area contributed by atoms with E-state index in [1.807, 2.05) is 0 Å². The largest absolute Gasteiger partial charge is 0.504 e. The number of nitrogens with zero attached hydrogens (tertiary/aromatic N) is 6. The Kier molecular flexibility index (Phi) is 9.03. The van der Waals surface area contributed by atoms with Gasteiger partial charge in [-0.05, 0) is 0 Å². The van der Waals surface area contributed by atoms with Crippen molar-refractivity contribution in [2.45, 2.75) is 16.5 Å². The van der Waals surface area contributed by atoms with Gasteiger partial charge in [-0.1, -0.05) is 0 Å². The van der Waals surface area contributed by atoms with Gasteiger partial charge in [0.05, 0.1) is 50.2 Å². The Morgan fingerprint density at radius 2 is 0.481 bits per heavy atom. The van der Waals surface area contributed by atoms with Crippen LogP contribution in [0.2, 0.25) is 0 Å². The third-order valence-corrected chi connectivity index (χ3v) is 11.2. The van der Waals surface area contributed by atoms with E-state index in [2.05, 4.69) is 0 Å². The molecule has 4 rings (SSSR count). The Balaban J connectivity index is 2.84. The summed E-state index contributed by atoms with van der Waals surface area (Å²) in [6.07, 6.45) is 0. The van der Waals surface area contributed by atoms with E-state index in [0.29, 0.717) is 0 Å². The minimum atomic E-state index is -7.32. The van der Waals surface area contributed by atoms with Crippen LogP contribution in [0.5, 0.6) is 0 Å². The molecule has 0 fully saturated rings. The molecule has 0 bridgehead atoms. The highest BCUT2D eigenvalue weighted by Gasteiger charge is 2.54. The zero-order valence-corrected chi connectivity index (χ0v) is 26.8. The minimum absolute atomic E-state index is 0.869. The standard InChI is InChI=1S/C27F12N6O6S3/c28-22(52(46,47)25(31,32)33)13-7(1-40)16-17(8(13)2-41)19-11(5-44)15(24(30)54(50,51)27(37,38)39)12(6-45)21(19)20-10(4-43)14(9(3-42)18(16)20)23(29)53(48,49)26(34,35)36. The van der Waals surface area contributed by atoms with Crippen LogP contribution in [0.15, 0.2) is 32.2 Å². The van der Waals surface area contributed by atoms with Crippen LogP contribution in [0.1, 0.15) is 0 Å². The summed E-state index contributed by atoms with van der Waals surface area (Å²) in [5.41, 5.74) is -38.2. The van der Waals surface area contributed by atoms with Crippen LogP contribution in [0, 0.1) is 68.0 Å². The number of hydrogen-bond donors (Lipinski definition) is 0. The second kappa shape index (κ2) is 12.1. The molecular weight excluding hydrogens is 829 g/mol. The fourth-order valence-electron chi connectivity index (χ4n) is 5.34. The highest BCUT2D eigenvalue weighted by atomic mass is 32.2. The average Bonchev–Trinajstić information content (AvgIpc) is 3.69. The second-order valence-electron chi connectivity index (χ2n) is 9.96. The number of sulfone groups is 3. The smallest absolute Gasteiger partial charge is 0.212 e. The lowest BCUT2D eigenvalue weighted by Gasteiger charge is -2.09. The molecule has 54 heavy (non-hydrogen) atoms. The molecule has 3 aliphatic rings. The first-order chi connectivity index (χ1) is 24.5. The molecule has 0 aromatic heterocycles. The molecule has 0 N–H and O–H groups in total. The van der Waals surface area contributed by atoms with Gasteiger partial charge < -0.3 is 0 Å². The minimum Gasteiger partial charge on any atom is -0.212 e. The summed E-state index contributed by atoms with van der Waals surface area (Å²) in [5, 5.41) is 39.6. The van der Waals surface area contributed by atoms with Gasteiger partial charge in [-0.3, -0.25) is 0 Å². The summed E-state index contributed by atoms with van der Waals surface area (Å²) in [5.74, 6) is 0. The topological polar surface area (TPSA) is 245 Å². The van der Waals surface area contributed by atoms with E-state index in [0.717, 1.165) is 36.4 Å². The van der Waals surface area contributed by atoms with E-state index in [4.69, 9.17) is 0 Å². The van der Waals surface area contributed by atoms with Crippen molar-refractivity contribution in [1.29, 1.82) is 31.6 Å². The third kappa shape index (κ3) is 5.01. The number of halogens is 12.